The number of aromatic nitrogens is 1. The number of hydrogen-bond acceptors (Lipinski definition) is 6. The lowest BCUT2D eigenvalue weighted by molar-refractivity contribution is -0.142. The molecule has 142 valence electrons. The van der Waals surface area contributed by atoms with Gasteiger partial charge in [-0.25, -0.2) is 9.78 Å². The largest absolute Gasteiger partial charge is 0.481 e. The Morgan fingerprint density at radius 1 is 1.07 bits per heavy atom. The first-order valence-electron chi connectivity index (χ1n) is 8.18. The van der Waals surface area contributed by atoms with Crippen LogP contribution in [-0.2, 0) is 20.7 Å². The van der Waals surface area contributed by atoms with Crippen molar-refractivity contribution in [1.82, 2.24) is 10.3 Å². The molecule has 2 aromatic rings. The van der Waals surface area contributed by atoms with Gasteiger partial charge in [0.1, 0.15) is 6.04 Å². The van der Waals surface area contributed by atoms with Gasteiger partial charge in [0.15, 0.2) is 0 Å². The molecule has 8 heteroatoms. The first-order chi connectivity index (χ1) is 12.9. The summed E-state index contributed by atoms with van der Waals surface area (Å²) >= 11 is 0. The van der Waals surface area contributed by atoms with Crippen LogP contribution < -0.4 is 15.4 Å². The van der Waals surface area contributed by atoms with Crippen molar-refractivity contribution in [1.29, 1.82) is 0 Å². The van der Waals surface area contributed by atoms with Crippen molar-refractivity contribution in [2.45, 2.75) is 19.4 Å². The van der Waals surface area contributed by atoms with Crippen LogP contribution in [0, 0.1) is 0 Å². The number of carbonyl (C=O) groups excluding carboxylic acids is 3. The minimum Gasteiger partial charge on any atom is -0.481 e. The van der Waals surface area contributed by atoms with Crippen molar-refractivity contribution in [3.05, 3.63) is 53.7 Å². The highest BCUT2D eigenvalue weighted by molar-refractivity contribution is 5.97. The summed E-state index contributed by atoms with van der Waals surface area (Å²) in [6.45, 7) is 1.40. The van der Waals surface area contributed by atoms with Gasteiger partial charge in [0.05, 0.1) is 14.2 Å². The van der Waals surface area contributed by atoms with E-state index in [0.29, 0.717) is 17.1 Å². The average Bonchev–Trinajstić information content (AvgIpc) is 2.67. The molecule has 0 bridgehead atoms. The Morgan fingerprint density at radius 3 is 2.30 bits per heavy atom. The lowest BCUT2D eigenvalue weighted by Crippen LogP contribution is -2.43. The molecule has 1 heterocycles. The molecule has 27 heavy (non-hydrogen) atoms. The fourth-order valence-corrected chi connectivity index (χ4v) is 2.37. The van der Waals surface area contributed by atoms with Crippen LogP contribution in [0.15, 0.2) is 42.6 Å². The molecule has 0 radical (unpaired) electrons. The van der Waals surface area contributed by atoms with E-state index in [-0.39, 0.29) is 12.3 Å². The Balaban J connectivity index is 2.08. The van der Waals surface area contributed by atoms with Gasteiger partial charge in [0.25, 0.3) is 5.91 Å². The fraction of sp³-hybridized carbons (Fsp3) is 0.263. The molecule has 8 nitrogen and oxygen atoms in total. The van der Waals surface area contributed by atoms with Crippen LogP contribution >= 0.6 is 0 Å². The molecule has 0 aliphatic carbocycles. The number of carbonyl (C=O) groups is 3. The van der Waals surface area contributed by atoms with E-state index in [1.165, 1.54) is 21.1 Å². The van der Waals surface area contributed by atoms with Crippen molar-refractivity contribution < 1.29 is 23.9 Å². The molecule has 2 amide bonds. The van der Waals surface area contributed by atoms with Gasteiger partial charge in [0, 0.05) is 36.9 Å². The van der Waals surface area contributed by atoms with Crippen molar-refractivity contribution >= 4 is 23.5 Å². The minimum absolute atomic E-state index is 0.203. The predicted molar refractivity (Wildman–Crippen MR) is 98.5 cm³/mol. The number of anilines is 1. The second kappa shape index (κ2) is 9.33. The summed E-state index contributed by atoms with van der Waals surface area (Å²) < 4.78 is 9.78. The second-order valence-electron chi connectivity index (χ2n) is 5.72. The van der Waals surface area contributed by atoms with Crippen LogP contribution in [0.3, 0.4) is 0 Å². The summed E-state index contributed by atoms with van der Waals surface area (Å²) in [4.78, 5) is 39.6. The Bertz CT molecular complexity index is 803. The third-order valence-corrected chi connectivity index (χ3v) is 3.71. The van der Waals surface area contributed by atoms with Crippen molar-refractivity contribution in [3.8, 4) is 5.88 Å². The highest BCUT2D eigenvalue weighted by Crippen LogP contribution is 2.12. The van der Waals surface area contributed by atoms with Gasteiger partial charge in [-0.1, -0.05) is 6.07 Å². The van der Waals surface area contributed by atoms with Crippen LogP contribution in [-0.4, -0.2) is 43.0 Å². The molecule has 0 saturated heterocycles. The molecule has 1 aromatic heterocycles. The van der Waals surface area contributed by atoms with E-state index in [4.69, 9.17) is 9.47 Å². The number of ether oxygens (including phenoxy) is 2. The Hall–Kier alpha value is -3.42. The monoisotopic (exact) mass is 371 g/mol. The number of rotatable bonds is 7. The van der Waals surface area contributed by atoms with Gasteiger partial charge in [-0.05, 0) is 29.8 Å². The first kappa shape index (κ1) is 19.9. The second-order valence-corrected chi connectivity index (χ2v) is 5.72. The summed E-state index contributed by atoms with van der Waals surface area (Å²) in [7, 11) is 2.77. The topological polar surface area (TPSA) is 107 Å². The smallest absolute Gasteiger partial charge is 0.328 e. The van der Waals surface area contributed by atoms with Gasteiger partial charge >= 0.3 is 5.97 Å². The molecule has 0 fully saturated rings. The number of methoxy groups -OCH3 is 2. The predicted octanol–water partition coefficient (Wildman–Crippen LogP) is 1.56. The number of nitrogens with zero attached hydrogens (tertiary/aromatic N) is 1. The third kappa shape index (κ3) is 5.81. The zero-order valence-electron chi connectivity index (χ0n) is 15.3. The third-order valence-electron chi connectivity index (χ3n) is 3.71. The number of hydrogen-bond donors (Lipinski definition) is 2. The van der Waals surface area contributed by atoms with Crippen LogP contribution in [0.1, 0.15) is 22.8 Å². The van der Waals surface area contributed by atoms with E-state index in [1.54, 1.807) is 42.6 Å². The Labute approximate surface area is 156 Å². The quantitative estimate of drug-likeness (QED) is 0.716. The van der Waals surface area contributed by atoms with Gasteiger partial charge in [-0.15, -0.1) is 0 Å². The van der Waals surface area contributed by atoms with Crippen LogP contribution in [0.2, 0.25) is 0 Å². The highest BCUT2D eigenvalue weighted by atomic mass is 16.5. The highest BCUT2D eigenvalue weighted by Gasteiger charge is 2.23. The Kier molecular flexibility index (Phi) is 6.87. The maximum Gasteiger partial charge on any atom is 0.328 e. The molecule has 0 spiro atoms. The standard InChI is InChI=1S/C19H21N3O5/c1-12(23)21-15-7-5-14(6-8-15)18(24)22-16(19(25)27-3)10-13-4-9-17(26-2)20-11-13/h4-9,11,16H,10H2,1-3H3,(H,21,23)(H,22,24)/t16-/m1/s1. The van der Waals surface area contributed by atoms with E-state index >= 15 is 0 Å². The molecule has 0 unspecified atom stereocenters. The molecule has 1 aromatic carbocycles. The molecule has 0 aliphatic rings. The van der Waals surface area contributed by atoms with E-state index in [0.717, 1.165) is 5.56 Å². The molecule has 0 saturated carbocycles. The van der Waals surface area contributed by atoms with Crippen LogP contribution in [0.5, 0.6) is 5.88 Å². The SMILES string of the molecule is COC(=O)[C@@H](Cc1ccc(OC)nc1)NC(=O)c1ccc(NC(C)=O)cc1. The molecular formula is C19H21N3O5. The zero-order valence-corrected chi connectivity index (χ0v) is 15.3. The zero-order chi connectivity index (χ0) is 19.8. The molecular weight excluding hydrogens is 350 g/mol. The number of nitrogens with one attached hydrogen (secondary N) is 2. The van der Waals surface area contributed by atoms with Gasteiger partial charge in [0.2, 0.25) is 11.8 Å². The number of amides is 2. The maximum absolute atomic E-state index is 12.5. The van der Waals surface area contributed by atoms with Crippen molar-refractivity contribution in [3.63, 3.8) is 0 Å². The molecule has 2 rings (SSSR count). The number of esters is 1. The Morgan fingerprint density at radius 2 is 1.78 bits per heavy atom. The lowest BCUT2D eigenvalue weighted by Gasteiger charge is -2.17. The van der Waals surface area contributed by atoms with Gasteiger partial charge in [-0.3, -0.25) is 9.59 Å². The van der Waals surface area contributed by atoms with Gasteiger partial charge in [-0.2, -0.15) is 0 Å². The maximum atomic E-state index is 12.5. The van der Waals surface area contributed by atoms with E-state index in [2.05, 4.69) is 15.6 Å². The van der Waals surface area contributed by atoms with Crippen molar-refractivity contribution in [2.75, 3.05) is 19.5 Å². The molecule has 1 atom stereocenters. The van der Waals surface area contributed by atoms with Gasteiger partial charge < -0.3 is 20.1 Å². The van der Waals surface area contributed by atoms with Crippen LogP contribution in [0.4, 0.5) is 5.69 Å². The summed E-state index contributed by atoms with van der Waals surface area (Å²) in [6, 6.07) is 8.90. The first-order valence-corrected chi connectivity index (χ1v) is 8.18. The molecule has 2 N–H and O–H groups in total. The fourth-order valence-electron chi connectivity index (χ4n) is 2.37. The number of benzene rings is 1. The van der Waals surface area contributed by atoms with E-state index < -0.39 is 17.9 Å². The normalized spacial score (nSPS) is 11.2. The minimum atomic E-state index is -0.868. The number of pyridine rings is 1. The lowest BCUT2D eigenvalue weighted by atomic mass is 10.1. The van der Waals surface area contributed by atoms with E-state index in [1.807, 2.05) is 0 Å². The summed E-state index contributed by atoms with van der Waals surface area (Å²) in [5.74, 6) is -0.738. The van der Waals surface area contributed by atoms with E-state index in [9.17, 15) is 14.4 Å². The average molecular weight is 371 g/mol. The molecule has 0 aliphatic heterocycles. The summed E-state index contributed by atoms with van der Waals surface area (Å²) in [5.41, 5.74) is 1.67. The van der Waals surface area contributed by atoms with Crippen LogP contribution in [0.25, 0.3) is 0 Å². The summed E-state index contributed by atoms with van der Waals surface area (Å²) in [5, 5.41) is 5.28. The summed E-state index contributed by atoms with van der Waals surface area (Å²) in [6.07, 6.45) is 1.79. The van der Waals surface area contributed by atoms with Crippen molar-refractivity contribution in [2.24, 2.45) is 0 Å².